The Morgan fingerprint density at radius 2 is 1.68 bits per heavy atom. The maximum absolute atomic E-state index is 12.4. The average molecular weight is 405 g/mol. The molecule has 2 N–H and O–H groups in total. The molecule has 2 aromatic carbocycles. The fourth-order valence-corrected chi connectivity index (χ4v) is 3.70. The molecule has 0 aromatic heterocycles. The van der Waals surface area contributed by atoms with Gasteiger partial charge in [0.15, 0.2) is 0 Å². The number of sulfonamides is 1. The first-order valence-electron chi connectivity index (χ1n) is 9.52. The van der Waals surface area contributed by atoms with E-state index in [1.807, 2.05) is 13.8 Å². The number of amides is 1. The zero-order valence-corrected chi connectivity index (χ0v) is 17.4. The predicted octanol–water partition coefficient (Wildman–Crippen LogP) is 4.19. The van der Waals surface area contributed by atoms with Gasteiger partial charge in [-0.1, -0.05) is 20.3 Å². The number of rotatable bonds is 10. The van der Waals surface area contributed by atoms with Gasteiger partial charge in [-0.3, -0.25) is 4.79 Å². The molecule has 0 radical (unpaired) electrons. The summed E-state index contributed by atoms with van der Waals surface area (Å²) in [6.45, 7) is 6.48. The fraction of sp³-hybridized carbons (Fsp3) is 0.381. The van der Waals surface area contributed by atoms with Gasteiger partial charge >= 0.3 is 0 Å². The second-order valence-corrected chi connectivity index (χ2v) is 8.35. The van der Waals surface area contributed by atoms with E-state index in [9.17, 15) is 13.2 Å². The van der Waals surface area contributed by atoms with Gasteiger partial charge in [-0.15, -0.1) is 0 Å². The maximum atomic E-state index is 12.4. The number of carbonyl (C=O) groups excluding carboxylic acids is 1. The molecule has 0 bridgehead atoms. The van der Waals surface area contributed by atoms with Crippen molar-refractivity contribution in [1.29, 1.82) is 0 Å². The van der Waals surface area contributed by atoms with E-state index in [1.165, 1.54) is 12.1 Å². The van der Waals surface area contributed by atoms with Crippen molar-refractivity contribution in [3.05, 3.63) is 54.1 Å². The van der Waals surface area contributed by atoms with Gasteiger partial charge in [0.2, 0.25) is 10.0 Å². The normalized spacial score (nSPS) is 12.4. The Labute approximate surface area is 167 Å². The van der Waals surface area contributed by atoms with Crippen LogP contribution in [0.4, 0.5) is 5.69 Å². The summed E-state index contributed by atoms with van der Waals surface area (Å²) < 4.78 is 32.7. The first-order valence-corrected chi connectivity index (χ1v) is 11.0. The summed E-state index contributed by atoms with van der Waals surface area (Å²) in [5.74, 6) is 0.460. The molecule has 0 saturated carbocycles. The standard InChI is InChI=1S/C21H28N2O4S/c1-4-6-15-27-19-11-7-17(8-12-19)21(24)22-18-9-13-20(14-10-18)28(25,26)23-16(3)5-2/h7-14,16,23H,4-6,15H2,1-3H3,(H,22,24). The molecule has 0 aliphatic carbocycles. The lowest BCUT2D eigenvalue weighted by molar-refractivity contribution is 0.102. The molecule has 7 heteroatoms. The van der Waals surface area contributed by atoms with Crippen LogP contribution >= 0.6 is 0 Å². The Balaban J connectivity index is 1.99. The summed E-state index contributed by atoms with van der Waals surface area (Å²) >= 11 is 0. The highest BCUT2D eigenvalue weighted by Gasteiger charge is 2.16. The highest BCUT2D eigenvalue weighted by atomic mass is 32.2. The van der Waals surface area contributed by atoms with E-state index in [0.717, 1.165) is 18.6 Å². The van der Waals surface area contributed by atoms with Crippen molar-refractivity contribution in [3.8, 4) is 5.75 Å². The Hall–Kier alpha value is -2.38. The zero-order valence-electron chi connectivity index (χ0n) is 16.6. The molecule has 152 valence electrons. The van der Waals surface area contributed by atoms with Crippen LogP contribution in [0.5, 0.6) is 5.75 Å². The van der Waals surface area contributed by atoms with Crippen molar-refractivity contribution in [2.45, 2.75) is 51.0 Å². The number of hydrogen-bond acceptors (Lipinski definition) is 4. The molecule has 2 rings (SSSR count). The number of ether oxygens (including phenoxy) is 1. The third kappa shape index (κ3) is 6.35. The Morgan fingerprint density at radius 1 is 1.04 bits per heavy atom. The number of benzene rings is 2. The van der Waals surface area contributed by atoms with Crippen LogP contribution in [0, 0.1) is 0 Å². The van der Waals surface area contributed by atoms with Crippen LogP contribution in [0.3, 0.4) is 0 Å². The molecule has 2 aromatic rings. The number of carbonyl (C=O) groups is 1. The monoisotopic (exact) mass is 404 g/mol. The molecule has 0 saturated heterocycles. The maximum Gasteiger partial charge on any atom is 0.255 e. The lowest BCUT2D eigenvalue weighted by Crippen LogP contribution is -2.31. The summed E-state index contributed by atoms with van der Waals surface area (Å²) in [5, 5.41) is 2.77. The van der Waals surface area contributed by atoms with Crippen molar-refractivity contribution in [2.75, 3.05) is 11.9 Å². The van der Waals surface area contributed by atoms with Gasteiger partial charge in [-0.2, -0.15) is 0 Å². The van der Waals surface area contributed by atoms with Gasteiger partial charge in [-0.05, 0) is 68.3 Å². The molecule has 6 nitrogen and oxygen atoms in total. The fourth-order valence-electron chi connectivity index (χ4n) is 2.37. The number of hydrogen-bond donors (Lipinski definition) is 2. The van der Waals surface area contributed by atoms with Gasteiger partial charge in [0.05, 0.1) is 11.5 Å². The molecule has 0 heterocycles. The summed E-state index contributed by atoms with van der Waals surface area (Å²) in [5.41, 5.74) is 1.02. The van der Waals surface area contributed by atoms with Crippen LogP contribution in [0.25, 0.3) is 0 Å². The SMILES string of the molecule is CCCCOc1ccc(C(=O)Nc2ccc(S(=O)(=O)NC(C)CC)cc2)cc1. The number of unbranched alkanes of at least 4 members (excludes halogenated alkanes) is 1. The van der Waals surface area contributed by atoms with Crippen LogP contribution in [0.15, 0.2) is 53.4 Å². The predicted molar refractivity (Wildman–Crippen MR) is 111 cm³/mol. The molecular formula is C21H28N2O4S. The summed E-state index contributed by atoms with van der Waals surface area (Å²) in [6, 6.07) is 12.9. The molecule has 28 heavy (non-hydrogen) atoms. The van der Waals surface area contributed by atoms with E-state index in [1.54, 1.807) is 36.4 Å². The van der Waals surface area contributed by atoms with Crippen molar-refractivity contribution < 1.29 is 17.9 Å². The van der Waals surface area contributed by atoms with Crippen molar-refractivity contribution in [1.82, 2.24) is 4.72 Å². The highest BCUT2D eigenvalue weighted by Crippen LogP contribution is 2.17. The van der Waals surface area contributed by atoms with Gasteiger partial charge in [0, 0.05) is 17.3 Å². The molecule has 0 spiro atoms. The molecule has 1 unspecified atom stereocenters. The summed E-state index contributed by atoms with van der Waals surface area (Å²) in [7, 11) is -3.56. The lowest BCUT2D eigenvalue weighted by atomic mass is 10.2. The summed E-state index contributed by atoms with van der Waals surface area (Å²) in [6.07, 6.45) is 2.75. The third-order valence-electron chi connectivity index (χ3n) is 4.27. The van der Waals surface area contributed by atoms with E-state index >= 15 is 0 Å². The van der Waals surface area contributed by atoms with Crippen LogP contribution < -0.4 is 14.8 Å². The number of nitrogens with one attached hydrogen (secondary N) is 2. The van der Waals surface area contributed by atoms with Crippen LogP contribution in [0.1, 0.15) is 50.4 Å². The zero-order chi connectivity index (χ0) is 20.6. The van der Waals surface area contributed by atoms with Crippen LogP contribution in [-0.4, -0.2) is 27.0 Å². The van der Waals surface area contributed by atoms with Crippen molar-refractivity contribution in [2.24, 2.45) is 0 Å². The van der Waals surface area contributed by atoms with Crippen molar-refractivity contribution >= 4 is 21.6 Å². The van der Waals surface area contributed by atoms with Crippen molar-refractivity contribution in [3.63, 3.8) is 0 Å². The molecule has 0 aliphatic heterocycles. The van der Waals surface area contributed by atoms with E-state index in [-0.39, 0.29) is 16.8 Å². The first kappa shape index (κ1) is 21.9. The molecular weight excluding hydrogens is 376 g/mol. The molecule has 1 atom stereocenters. The number of anilines is 1. The second kappa shape index (κ2) is 10.2. The quantitative estimate of drug-likeness (QED) is 0.582. The van der Waals surface area contributed by atoms with E-state index in [4.69, 9.17) is 4.74 Å². The average Bonchev–Trinajstić information content (AvgIpc) is 2.68. The van der Waals surface area contributed by atoms with E-state index in [2.05, 4.69) is 17.0 Å². The molecule has 1 amide bonds. The second-order valence-electron chi connectivity index (χ2n) is 6.64. The van der Waals surface area contributed by atoms with Gasteiger partial charge in [0.1, 0.15) is 5.75 Å². The van der Waals surface area contributed by atoms with E-state index in [0.29, 0.717) is 24.3 Å². The minimum Gasteiger partial charge on any atom is -0.494 e. The topological polar surface area (TPSA) is 84.5 Å². The Kier molecular flexibility index (Phi) is 8.02. The largest absolute Gasteiger partial charge is 0.494 e. The molecule has 0 aliphatic rings. The van der Waals surface area contributed by atoms with Crippen LogP contribution in [0.2, 0.25) is 0 Å². The molecule has 0 fully saturated rings. The van der Waals surface area contributed by atoms with Gasteiger partial charge in [0.25, 0.3) is 5.91 Å². The minimum absolute atomic E-state index is 0.140. The van der Waals surface area contributed by atoms with Gasteiger partial charge in [-0.25, -0.2) is 13.1 Å². The Morgan fingerprint density at radius 3 is 2.25 bits per heavy atom. The Bertz CT molecular complexity index is 862. The highest BCUT2D eigenvalue weighted by molar-refractivity contribution is 7.89. The first-order chi connectivity index (χ1) is 13.4. The van der Waals surface area contributed by atoms with Gasteiger partial charge < -0.3 is 10.1 Å². The minimum atomic E-state index is -3.56. The smallest absolute Gasteiger partial charge is 0.255 e. The third-order valence-corrected chi connectivity index (χ3v) is 5.88. The van der Waals surface area contributed by atoms with E-state index < -0.39 is 10.0 Å². The lowest BCUT2D eigenvalue weighted by Gasteiger charge is -2.12. The summed E-state index contributed by atoms with van der Waals surface area (Å²) in [4.78, 5) is 12.5. The van der Waals surface area contributed by atoms with Crippen LogP contribution in [-0.2, 0) is 10.0 Å².